The quantitative estimate of drug-likeness (QED) is 0.570. The van der Waals surface area contributed by atoms with Crippen molar-refractivity contribution in [3.8, 4) is 0 Å². The third-order valence-corrected chi connectivity index (χ3v) is 5.85. The van der Waals surface area contributed by atoms with E-state index >= 15 is 0 Å². The van der Waals surface area contributed by atoms with E-state index in [9.17, 15) is 9.59 Å². The van der Waals surface area contributed by atoms with Crippen LogP contribution < -0.4 is 10.2 Å². The summed E-state index contributed by atoms with van der Waals surface area (Å²) in [6.07, 6.45) is 0. The maximum atomic E-state index is 13.5. The highest BCUT2D eigenvalue weighted by molar-refractivity contribution is 6.33. The number of halogens is 1. The number of hydrogen-bond acceptors (Lipinski definition) is 3. The second kappa shape index (κ2) is 10.7. The van der Waals surface area contributed by atoms with Crippen LogP contribution in [0.15, 0.2) is 42.5 Å². The van der Waals surface area contributed by atoms with Crippen LogP contribution in [0.3, 0.4) is 0 Å². The fraction of sp³-hybridized carbons (Fsp3) is 0.440. The van der Waals surface area contributed by atoms with Crippen molar-refractivity contribution in [2.24, 2.45) is 11.8 Å². The summed E-state index contributed by atoms with van der Waals surface area (Å²) in [4.78, 5) is 29.6. The summed E-state index contributed by atoms with van der Waals surface area (Å²) < 4.78 is 0. The minimum Gasteiger partial charge on any atom is -0.377 e. The maximum absolute atomic E-state index is 13.5. The Hall–Kier alpha value is -2.53. The Morgan fingerprint density at radius 2 is 1.65 bits per heavy atom. The molecule has 0 aliphatic carbocycles. The molecule has 5 nitrogen and oxygen atoms in total. The smallest absolute Gasteiger partial charge is 0.255 e. The molecule has 0 spiro atoms. The van der Waals surface area contributed by atoms with Crippen LogP contribution in [-0.4, -0.2) is 36.9 Å². The number of rotatable bonds is 8. The zero-order valence-electron chi connectivity index (χ0n) is 19.6. The van der Waals surface area contributed by atoms with Crippen molar-refractivity contribution in [1.29, 1.82) is 0 Å². The predicted molar refractivity (Wildman–Crippen MR) is 130 cm³/mol. The summed E-state index contributed by atoms with van der Waals surface area (Å²) in [7, 11) is 3.94. The molecule has 2 rings (SSSR count). The number of carbonyl (C=O) groups is 2. The molecule has 0 saturated carbocycles. The zero-order valence-corrected chi connectivity index (χ0v) is 20.3. The molecule has 2 amide bonds. The highest BCUT2D eigenvalue weighted by Crippen LogP contribution is 2.28. The molecule has 0 unspecified atom stereocenters. The van der Waals surface area contributed by atoms with Gasteiger partial charge in [-0.25, -0.2) is 0 Å². The Balaban J connectivity index is 2.48. The van der Waals surface area contributed by atoms with Crippen molar-refractivity contribution < 1.29 is 9.59 Å². The van der Waals surface area contributed by atoms with Gasteiger partial charge < -0.3 is 15.1 Å². The highest BCUT2D eigenvalue weighted by atomic mass is 35.5. The molecule has 6 heteroatoms. The van der Waals surface area contributed by atoms with Gasteiger partial charge in [-0.05, 0) is 48.7 Å². The summed E-state index contributed by atoms with van der Waals surface area (Å²) in [6.45, 7) is 10.4. The second-order valence-electron chi connectivity index (χ2n) is 8.78. The first-order valence-corrected chi connectivity index (χ1v) is 11.1. The molecule has 0 fully saturated rings. The minimum absolute atomic E-state index is 0.00676. The van der Waals surface area contributed by atoms with Crippen molar-refractivity contribution >= 4 is 34.8 Å². The number of anilines is 2. The number of benzene rings is 2. The van der Waals surface area contributed by atoms with Crippen LogP contribution in [0.4, 0.5) is 11.4 Å². The van der Waals surface area contributed by atoms with Crippen LogP contribution in [0.25, 0.3) is 0 Å². The second-order valence-corrected chi connectivity index (χ2v) is 9.19. The molecule has 0 aromatic heterocycles. The van der Waals surface area contributed by atoms with Crippen LogP contribution in [-0.2, 0) is 11.3 Å². The number of hydrogen-bond donors (Lipinski definition) is 1. The SMILES string of the molecule is CC(C)C(=O)Nc1ccc(N(C)C)c(CN(C(=O)c2ccccc2Cl)[C@@H](C)C(C)C)c1. The van der Waals surface area contributed by atoms with Gasteiger partial charge in [-0.1, -0.05) is 51.4 Å². The first-order chi connectivity index (χ1) is 14.5. The normalized spacial score (nSPS) is 12.1. The van der Waals surface area contributed by atoms with Gasteiger partial charge in [-0.2, -0.15) is 0 Å². The lowest BCUT2D eigenvalue weighted by Crippen LogP contribution is -2.41. The van der Waals surface area contributed by atoms with Gasteiger partial charge in [0.05, 0.1) is 10.6 Å². The van der Waals surface area contributed by atoms with Crippen molar-refractivity contribution in [1.82, 2.24) is 4.90 Å². The van der Waals surface area contributed by atoms with E-state index in [1.54, 1.807) is 12.1 Å². The van der Waals surface area contributed by atoms with Crippen LogP contribution in [0.1, 0.15) is 50.5 Å². The molecule has 0 aliphatic rings. The molecule has 1 atom stereocenters. The summed E-state index contributed by atoms with van der Waals surface area (Å²) in [5.41, 5.74) is 3.17. The van der Waals surface area contributed by atoms with E-state index in [0.29, 0.717) is 17.1 Å². The Morgan fingerprint density at radius 1 is 1.00 bits per heavy atom. The molecule has 1 N–H and O–H groups in total. The Labute approximate surface area is 191 Å². The zero-order chi connectivity index (χ0) is 23.3. The molecule has 0 heterocycles. The summed E-state index contributed by atoms with van der Waals surface area (Å²) >= 11 is 6.34. The third-order valence-electron chi connectivity index (χ3n) is 5.52. The van der Waals surface area contributed by atoms with E-state index in [-0.39, 0.29) is 29.7 Å². The molecule has 31 heavy (non-hydrogen) atoms. The average Bonchev–Trinajstić information content (AvgIpc) is 2.71. The molecule has 2 aromatic carbocycles. The van der Waals surface area contributed by atoms with Crippen molar-refractivity contribution in [2.45, 2.75) is 47.2 Å². The molecular formula is C25H34ClN3O2. The van der Waals surface area contributed by atoms with Gasteiger partial charge in [0, 0.05) is 44.0 Å². The van der Waals surface area contributed by atoms with E-state index < -0.39 is 0 Å². The molecule has 0 radical (unpaired) electrons. The van der Waals surface area contributed by atoms with Crippen LogP contribution >= 0.6 is 11.6 Å². The van der Waals surface area contributed by atoms with Crippen LogP contribution in [0, 0.1) is 11.8 Å². The maximum Gasteiger partial charge on any atom is 0.255 e. The Kier molecular flexibility index (Phi) is 8.52. The van der Waals surface area contributed by atoms with E-state index in [1.807, 2.05) is 68.1 Å². The lowest BCUT2D eigenvalue weighted by Gasteiger charge is -2.33. The van der Waals surface area contributed by atoms with Gasteiger partial charge in [0.2, 0.25) is 5.91 Å². The standard InChI is InChI=1S/C25H34ClN3O2/c1-16(2)18(5)29(25(31)21-10-8-9-11-22(21)26)15-19-14-20(27-24(30)17(3)4)12-13-23(19)28(6)7/h8-14,16-18H,15H2,1-7H3,(H,27,30)/t18-/m0/s1. The molecule has 0 saturated heterocycles. The topological polar surface area (TPSA) is 52.7 Å². The monoisotopic (exact) mass is 443 g/mol. The van der Waals surface area contributed by atoms with E-state index in [4.69, 9.17) is 11.6 Å². The molecule has 2 aromatic rings. The van der Waals surface area contributed by atoms with Gasteiger partial charge in [-0.3, -0.25) is 9.59 Å². The molecular weight excluding hydrogens is 410 g/mol. The van der Waals surface area contributed by atoms with Gasteiger partial charge in [0.25, 0.3) is 5.91 Å². The number of amides is 2. The fourth-order valence-corrected chi connectivity index (χ4v) is 3.46. The largest absolute Gasteiger partial charge is 0.377 e. The molecule has 0 bridgehead atoms. The lowest BCUT2D eigenvalue weighted by atomic mass is 10.0. The Morgan fingerprint density at radius 3 is 2.19 bits per heavy atom. The van der Waals surface area contributed by atoms with Crippen molar-refractivity contribution in [3.63, 3.8) is 0 Å². The van der Waals surface area contributed by atoms with Crippen LogP contribution in [0.5, 0.6) is 0 Å². The van der Waals surface area contributed by atoms with Crippen molar-refractivity contribution in [2.75, 3.05) is 24.3 Å². The predicted octanol–water partition coefficient (Wildman–Crippen LogP) is 5.69. The molecule has 168 valence electrons. The number of nitrogens with one attached hydrogen (secondary N) is 1. The van der Waals surface area contributed by atoms with Crippen LogP contribution in [0.2, 0.25) is 5.02 Å². The highest BCUT2D eigenvalue weighted by Gasteiger charge is 2.26. The van der Waals surface area contributed by atoms with Gasteiger partial charge in [0.15, 0.2) is 0 Å². The third kappa shape index (κ3) is 6.23. The first kappa shape index (κ1) is 24.7. The lowest BCUT2D eigenvalue weighted by molar-refractivity contribution is -0.118. The summed E-state index contributed by atoms with van der Waals surface area (Å²) in [5.74, 6) is 0.00512. The van der Waals surface area contributed by atoms with Gasteiger partial charge >= 0.3 is 0 Å². The summed E-state index contributed by atoms with van der Waals surface area (Å²) in [6, 6.07) is 13.0. The number of nitrogens with zero attached hydrogens (tertiary/aromatic N) is 2. The van der Waals surface area contributed by atoms with Crippen molar-refractivity contribution in [3.05, 3.63) is 58.6 Å². The first-order valence-electron chi connectivity index (χ1n) is 10.7. The Bertz CT molecular complexity index is 925. The fourth-order valence-electron chi connectivity index (χ4n) is 3.25. The molecule has 0 aliphatic heterocycles. The van der Waals surface area contributed by atoms with E-state index in [2.05, 4.69) is 26.1 Å². The van der Waals surface area contributed by atoms with E-state index in [0.717, 1.165) is 16.9 Å². The van der Waals surface area contributed by atoms with Gasteiger partial charge in [0.1, 0.15) is 0 Å². The minimum atomic E-state index is -0.115. The average molecular weight is 444 g/mol. The van der Waals surface area contributed by atoms with Gasteiger partial charge in [-0.15, -0.1) is 0 Å². The number of carbonyl (C=O) groups excluding carboxylic acids is 2. The van der Waals surface area contributed by atoms with E-state index in [1.165, 1.54) is 0 Å². The summed E-state index contributed by atoms with van der Waals surface area (Å²) in [5, 5.41) is 3.40.